The molecular formula is C54H66N6O3. The minimum atomic E-state index is -0.155. The maximum Gasteiger partial charge on any atom is 0.150 e. The van der Waals surface area contributed by atoms with Crippen molar-refractivity contribution in [1.82, 2.24) is 0 Å². The molecule has 4 aromatic rings. The SMILES string of the molecule is Nc1ccc(Oc2c(C34CC5CC(CC(C5)C3)C4)c(Oc3ccc(N)cc3N)c(C34CC5CC(CC(C5)C3)C4)c(Oc3ccc(N)cc3N)c2C23CC4CC(CC(C4)C2)C3)c(N)c1. The van der Waals surface area contributed by atoms with Crippen LogP contribution in [-0.2, 0) is 16.2 Å². The number of nitrogens with two attached hydrogens (primary N) is 6. The molecule has 0 aromatic heterocycles. The topological polar surface area (TPSA) is 184 Å². The van der Waals surface area contributed by atoms with Crippen molar-refractivity contribution in [3.8, 4) is 34.5 Å². The van der Waals surface area contributed by atoms with Gasteiger partial charge in [-0.15, -0.1) is 0 Å². The molecule has 0 atom stereocenters. The highest BCUT2D eigenvalue weighted by atomic mass is 16.5. The van der Waals surface area contributed by atoms with Gasteiger partial charge in [-0.2, -0.15) is 0 Å². The minimum absolute atomic E-state index is 0.155. The number of rotatable bonds is 9. The number of hydrogen-bond donors (Lipinski definition) is 6. The number of benzene rings is 4. The van der Waals surface area contributed by atoms with Crippen LogP contribution in [0.2, 0.25) is 0 Å². The largest absolute Gasteiger partial charge is 0.454 e. The van der Waals surface area contributed by atoms with Crippen LogP contribution in [-0.4, -0.2) is 0 Å². The van der Waals surface area contributed by atoms with Gasteiger partial charge in [0.1, 0.15) is 34.5 Å². The quantitative estimate of drug-likeness (QED) is 0.0892. The highest BCUT2D eigenvalue weighted by Gasteiger charge is 2.62. The van der Waals surface area contributed by atoms with E-state index in [1.54, 1.807) is 0 Å². The van der Waals surface area contributed by atoms with Crippen molar-refractivity contribution in [2.75, 3.05) is 34.4 Å². The summed E-state index contributed by atoms with van der Waals surface area (Å²) in [7, 11) is 0. The van der Waals surface area contributed by atoms with Crippen molar-refractivity contribution >= 4 is 34.1 Å². The normalized spacial score (nSPS) is 37.4. The second kappa shape index (κ2) is 13.6. The molecule has 0 aliphatic heterocycles. The third-order valence-electron chi connectivity index (χ3n) is 18.8. The Morgan fingerprint density at radius 1 is 0.317 bits per heavy atom. The first-order valence-corrected chi connectivity index (χ1v) is 24.6. The van der Waals surface area contributed by atoms with E-state index in [1.807, 2.05) is 54.6 Å². The Hall–Kier alpha value is -4.92. The van der Waals surface area contributed by atoms with E-state index in [0.717, 1.165) is 75.0 Å². The van der Waals surface area contributed by atoms with Crippen LogP contribution in [0.4, 0.5) is 34.1 Å². The summed E-state index contributed by atoms with van der Waals surface area (Å²) in [4.78, 5) is 0. The Bertz CT molecular complexity index is 2150. The fraction of sp³-hybridized carbons (Fsp3) is 0.556. The molecule has 63 heavy (non-hydrogen) atoms. The van der Waals surface area contributed by atoms with Gasteiger partial charge in [-0.25, -0.2) is 0 Å². The summed E-state index contributed by atoms with van der Waals surface area (Å²) in [5, 5.41) is 0. The monoisotopic (exact) mass is 847 g/mol. The maximum atomic E-state index is 7.79. The average molecular weight is 847 g/mol. The Kier molecular flexibility index (Phi) is 8.29. The molecule has 0 heterocycles. The molecule has 0 amide bonds. The van der Waals surface area contributed by atoms with Gasteiger partial charge >= 0.3 is 0 Å². The summed E-state index contributed by atoms with van der Waals surface area (Å²) in [5.74, 6) is 10.7. The lowest BCUT2D eigenvalue weighted by Gasteiger charge is -2.61. The van der Waals surface area contributed by atoms with Crippen molar-refractivity contribution in [3.63, 3.8) is 0 Å². The van der Waals surface area contributed by atoms with Crippen LogP contribution in [0.15, 0.2) is 54.6 Å². The lowest BCUT2D eigenvalue weighted by molar-refractivity contribution is -0.0152. The summed E-state index contributed by atoms with van der Waals surface area (Å²) in [5.41, 5.74) is 46.9. The van der Waals surface area contributed by atoms with Crippen LogP contribution in [0.5, 0.6) is 34.5 Å². The van der Waals surface area contributed by atoms with Crippen LogP contribution < -0.4 is 48.6 Å². The summed E-state index contributed by atoms with van der Waals surface area (Å²) < 4.78 is 23.4. The molecule has 12 aliphatic rings. The van der Waals surface area contributed by atoms with Crippen LogP contribution >= 0.6 is 0 Å². The zero-order valence-electron chi connectivity index (χ0n) is 36.8. The predicted octanol–water partition coefficient (Wildman–Crippen LogP) is 12.0. The van der Waals surface area contributed by atoms with Gasteiger partial charge in [0.05, 0.1) is 17.1 Å². The molecule has 12 bridgehead atoms. The Morgan fingerprint density at radius 3 is 0.714 bits per heavy atom. The van der Waals surface area contributed by atoms with E-state index in [-0.39, 0.29) is 16.2 Å². The van der Waals surface area contributed by atoms with E-state index in [9.17, 15) is 0 Å². The molecule has 4 aromatic carbocycles. The van der Waals surface area contributed by atoms with Gasteiger partial charge in [0.15, 0.2) is 0 Å². The highest BCUT2D eigenvalue weighted by molar-refractivity contribution is 5.75. The van der Waals surface area contributed by atoms with E-state index in [4.69, 9.17) is 48.6 Å². The van der Waals surface area contributed by atoms with Gasteiger partial charge in [-0.05, 0) is 223 Å². The number of ether oxygens (including phenoxy) is 3. The van der Waals surface area contributed by atoms with Crippen molar-refractivity contribution in [2.45, 2.75) is 132 Å². The highest BCUT2D eigenvalue weighted by Crippen LogP contribution is 2.73. The van der Waals surface area contributed by atoms with E-state index in [2.05, 4.69) is 0 Å². The van der Waals surface area contributed by atoms with Crippen LogP contribution in [0.3, 0.4) is 0 Å². The summed E-state index contributed by atoms with van der Waals surface area (Å²) in [6.07, 6.45) is 22.1. The molecule has 0 spiro atoms. The first-order chi connectivity index (χ1) is 30.4. The molecule has 9 nitrogen and oxygen atoms in total. The van der Waals surface area contributed by atoms with E-state index < -0.39 is 0 Å². The van der Waals surface area contributed by atoms with Crippen LogP contribution in [0.25, 0.3) is 0 Å². The first kappa shape index (κ1) is 38.5. The predicted molar refractivity (Wildman–Crippen MR) is 252 cm³/mol. The van der Waals surface area contributed by atoms with Gasteiger partial charge in [0.25, 0.3) is 0 Å². The molecule has 9 heteroatoms. The standard InChI is InChI=1S/C54H66N6O3/c55-37-1-4-43(40(58)16-37)61-49-46(52-19-28-7-29(20-52)9-30(8-28)21-52)50(62-44-5-2-38(56)17-41(44)59)48(54-25-34-13-35(26-54)15-36(14-34)27-54)51(63-45-6-3-39(57)18-42(45)60)47(49)53-22-31-10-32(23-53)12-33(11-31)24-53/h1-6,16-18,28-36H,7-15,19-27,55-60H2. The van der Waals surface area contributed by atoms with E-state index in [1.165, 1.54) is 74.5 Å². The Balaban J connectivity index is 1.19. The lowest BCUT2D eigenvalue weighted by Crippen LogP contribution is -2.52. The second-order valence-corrected chi connectivity index (χ2v) is 23.4. The summed E-state index contributed by atoms with van der Waals surface area (Å²) in [6, 6.07) is 17.2. The molecule has 12 saturated carbocycles. The van der Waals surface area contributed by atoms with Crippen LogP contribution in [0.1, 0.15) is 132 Å². The molecular weight excluding hydrogens is 781 g/mol. The zero-order valence-corrected chi connectivity index (χ0v) is 36.8. The summed E-state index contributed by atoms with van der Waals surface area (Å²) >= 11 is 0. The molecule has 0 saturated heterocycles. The van der Waals surface area contributed by atoms with E-state index in [0.29, 0.717) is 105 Å². The van der Waals surface area contributed by atoms with Gasteiger partial charge < -0.3 is 48.6 Å². The Morgan fingerprint density at radius 2 is 0.524 bits per heavy atom. The van der Waals surface area contributed by atoms with Crippen molar-refractivity contribution < 1.29 is 14.2 Å². The molecule has 12 fully saturated rings. The smallest absolute Gasteiger partial charge is 0.150 e. The molecule has 0 radical (unpaired) electrons. The molecule has 12 N–H and O–H groups in total. The van der Waals surface area contributed by atoms with Gasteiger partial charge in [-0.3, -0.25) is 0 Å². The zero-order chi connectivity index (χ0) is 42.6. The van der Waals surface area contributed by atoms with Gasteiger partial charge in [0.2, 0.25) is 0 Å². The van der Waals surface area contributed by atoms with Gasteiger partial charge in [-0.1, -0.05) is 0 Å². The van der Waals surface area contributed by atoms with E-state index >= 15 is 0 Å². The van der Waals surface area contributed by atoms with Crippen molar-refractivity contribution in [2.24, 2.45) is 53.3 Å². The minimum Gasteiger partial charge on any atom is -0.454 e. The molecule has 0 unspecified atom stereocenters. The lowest BCUT2D eigenvalue weighted by atomic mass is 9.44. The third kappa shape index (κ3) is 6.06. The third-order valence-corrected chi connectivity index (χ3v) is 18.8. The van der Waals surface area contributed by atoms with Gasteiger partial charge in [0, 0.05) is 50.0 Å². The maximum absolute atomic E-state index is 7.79. The summed E-state index contributed by atoms with van der Waals surface area (Å²) in [6.45, 7) is 0. The fourth-order valence-electron chi connectivity index (χ4n) is 18.0. The molecule has 12 aliphatic carbocycles. The van der Waals surface area contributed by atoms with Crippen molar-refractivity contribution in [1.29, 1.82) is 0 Å². The Labute approximate surface area is 372 Å². The van der Waals surface area contributed by atoms with Crippen LogP contribution in [0, 0.1) is 53.3 Å². The second-order valence-electron chi connectivity index (χ2n) is 23.4. The van der Waals surface area contributed by atoms with Crippen molar-refractivity contribution in [3.05, 3.63) is 71.3 Å². The number of hydrogen-bond acceptors (Lipinski definition) is 9. The fourth-order valence-corrected chi connectivity index (χ4v) is 18.0. The molecule has 330 valence electrons. The first-order valence-electron chi connectivity index (χ1n) is 24.6. The molecule has 16 rings (SSSR count). The average Bonchev–Trinajstić information content (AvgIpc) is 3.19. The number of nitrogen functional groups attached to an aromatic ring is 6. The number of anilines is 6.